The smallest absolute Gasteiger partial charge is 0.243 e. The van der Waals surface area contributed by atoms with Crippen molar-refractivity contribution in [1.82, 2.24) is 8.61 Å². The maximum Gasteiger partial charge on any atom is 0.243 e. The molecule has 1 saturated carbocycles. The predicted molar refractivity (Wildman–Crippen MR) is 154 cm³/mol. The molecule has 2 heterocycles. The van der Waals surface area contributed by atoms with Crippen LogP contribution in [0.2, 0.25) is 0 Å². The Labute approximate surface area is 238 Å². The first-order valence-electron chi connectivity index (χ1n) is 13.8. The minimum Gasteiger partial charge on any atom is -0.377 e. The first kappa shape index (κ1) is 29.2. The maximum atomic E-state index is 14.2. The zero-order valence-electron chi connectivity index (χ0n) is 23.2. The number of nitrogens with zero attached hydrogens (tertiary/aromatic N) is 2. The number of benzene rings is 2. The highest BCUT2D eigenvalue weighted by molar-refractivity contribution is 7.89. The normalized spacial score (nSPS) is 25.6. The Kier molecular flexibility index (Phi) is 8.39. The second-order valence-electron chi connectivity index (χ2n) is 11.0. The minimum absolute atomic E-state index is 0.0992. The summed E-state index contributed by atoms with van der Waals surface area (Å²) >= 11 is 0. The van der Waals surface area contributed by atoms with Gasteiger partial charge in [0.05, 0.1) is 34.1 Å². The van der Waals surface area contributed by atoms with Crippen molar-refractivity contribution in [2.75, 3.05) is 26.3 Å². The van der Waals surface area contributed by atoms with Gasteiger partial charge < -0.3 is 9.47 Å². The Balaban J connectivity index is 1.58. The van der Waals surface area contributed by atoms with Gasteiger partial charge in [-0.1, -0.05) is 48.6 Å². The molecular weight excluding hydrogens is 548 g/mol. The van der Waals surface area contributed by atoms with Gasteiger partial charge in [0.25, 0.3) is 0 Å². The largest absolute Gasteiger partial charge is 0.377 e. The molecule has 0 amide bonds. The fraction of sp³-hybridized carbons (Fsp3) is 0.467. The summed E-state index contributed by atoms with van der Waals surface area (Å²) in [6, 6.07) is 11.7. The molecule has 0 radical (unpaired) electrons. The molecule has 4 atom stereocenters. The lowest BCUT2D eigenvalue weighted by atomic mass is 9.76. The summed E-state index contributed by atoms with van der Waals surface area (Å²) in [7, 11) is -8.07. The Morgan fingerprint density at radius 2 is 1.02 bits per heavy atom. The Morgan fingerprint density at radius 3 is 1.32 bits per heavy atom. The van der Waals surface area contributed by atoms with E-state index in [1.54, 1.807) is 48.5 Å². The molecule has 8 nitrogen and oxygen atoms in total. The third-order valence-electron chi connectivity index (χ3n) is 8.12. The summed E-state index contributed by atoms with van der Waals surface area (Å²) in [5.41, 5.74) is 2.90. The van der Waals surface area contributed by atoms with E-state index in [0.29, 0.717) is 24.4 Å². The molecular formula is C30H38N2O6S2. The predicted octanol–water partition coefficient (Wildman–Crippen LogP) is 4.21. The van der Waals surface area contributed by atoms with Gasteiger partial charge in [0.2, 0.25) is 20.0 Å². The summed E-state index contributed by atoms with van der Waals surface area (Å²) in [5, 5.41) is 0. The van der Waals surface area contributed by atoms with E-state index in [1.807, 2.05) is 13.8 Å². The van der Waals surface area contributed by atoms with Crippen LogP contribution in [0.15, 0.2) is 82.6 Å². The van der Waals surface area contributed by atoms with Crippen LogP contribution in [-0.2, 0) is 29.5 Å². The van der Waals surface area contributed by atoms with Crippen molar-refractivity contribution in [3.05, 3.63) is 84.0 Å². The fourth-order valence-corrected chi connectivity index (χ4v) is 9.03. The molecule has 3 aliphatic rings. The van der Waals surface area contributed by atoms with Crippen LogP contribution in [0.1, 0.15) is 36.8 Å². The molecule has 0 spiro atoms. The molecule has 0 aromatic heterocycles. The molecule has 2 aliphatic heterocycles. The van der Waals surface area contributed by atoms with Gasteiger partial charge in [-0.25, -0.2) is 16.8 Å². The van der Waals surface area contributed by atoms with Crippen LogP contribution >= 0.6 is 0 Å². The first-order valence-corrected chi connectivity index (χ1v) is 16.7. The van der Waals surface area contributed by atoms with Crippen LogP contribution in [0, 0.1) is 13.8 Å². The summed E-state index contributed by atoms with van der Waals surface area (Å²) in [6.07, 6.45) is 2.57. The molecule has 5 rings (SSSR count). The lowest BCUT2D eigenvalue weighted by Gasteiger charge is -2.51. The second-order valence-corrected chi connectivity index (χ2v) is 14.8. The molecule has 2 unspecified atom stereocenters. The lowest BCUT2D eigenvalue weighted by molar-refractivity contribution is 0.0628. The first-order chi connectivity index (χ1) is 19.0. The van der Waals surface area contributed by atoms with Crippen molar-refractivity contribution in [1.29, 1.82) is 0 Å². The number of sulfonamides is 2. The Hall–Kier alpha value is -2.34. The summed E-state index contributed by atoms with van der Waals surface area (Å²) < 4.78 is 71.3. The van der Waals surface area contributed by atoms with Gasteiger partial charge in [0.15, 0.2) is 0 Å². The highest BCUT2D eigenvalue weighted by Crippen LogP contribution is 2.44. The molecule has 40 heavy (non-hydrogen) atoms. The zero-order chi connectivity index (χ0) is 28.7. The molecule has 216 valence electrons. The average Bonchev–Trinajstić information content (AvgIpc) is 3.64. The molecule has 2 saturated heterocycles. The van der Waals surface area contributed by atoms with Crippen LogP contribution in [0.5, 0.6) is 0 Å². The van der Waals surface area contributed by atoms with E-state index in [1.165, 1.54) is 8.61 Å². The monoisotopic (exact) mass is 586 g/mol. The highest BCUT2D eigenvalue weighted by atomic mass is 32.2. The number of rotatable bonds is 10. The van der Waals surface area contributed by atoms with Crippen LogP contribution in [-0.4, -0.2) is 76.0 Å². The molecule has 0 bridgehead atoms. The quantitative estimate of drug-likeness (QED) is 0.414. The molecule has 10 heteroatoms. The van der Waals surface area contributed by atoms with Gasteiger partial charge in [-0.05, 0) is 74.9 Å². The second kappa shape index (κ2) is 11.5. The van der Waals surface area contributed by atoms with Gasteiger partial charge in [-0.15, -0.1) is 0 Å². The van der Waals surface area contributed by atoms with Crippen molar-refractivity contribution in [3.63, 3.8) is 0 Å². The Bertz CT molecular complexity index is 1340. The van der Waals surface area contributed by atoms with Crippen molar-refractivity contribution in [2.45, 2.75) is 73.6 Å². The summed E-state index contributed by atoms with van der Waals surface area (Å²) in [4.78, 5) is 0.291. The van der Waals surface area contributed by atoms with E-state index in [0.717, 1.165) is 36.8 Å². The standard InChI is InChI=1S/C30H38N2O6S2/c1-21-9-13-27(14-10-21)39(33,34)31(19-25-7-5-17-37-25)29-23(3)24(4)30(29)32(20-26-8-6-18-38-26)40(35,36)28-15-11-22(2)12-16-28/h9-16,25-26,29-30H,3-8,17-20H2,1-2H3/t25?,26?,29-,30-/m1/s1. The van der Waals surface area contributed by atoms with Crippen molar-refractivity contribution in [3.8, 4) is 0 Å². The fourth-order valence-electron chi connectivity index (χ4n) is 5.72. The van der Waals surface area contributed by atoms with Gasteiger partial charge in [-0.2, -0.15) is 8.61 Å². The zero-order valence-corrected chi connectivity index (χ0v) is 24.8. The van der Waals surface area contributed by atoms with Crippen molar-refractivity contribution >= 4 is 20.0 Å². The minimum atomic E-state index is -4.03. The maximum absolute atomic E-state index is 14.2. The van der Waals surface area contributed by atoms with E-state index >= 15 is 0 Å². The Morgan fingerprint density at radius 1 is 0.675 bits per heavy atom. The number of hydrogen-bond acceptors (Lipinski definition) is 6. The summed E-state index contributed by atoms with van der Waals surface area (Å²) in [6.45, 7) is 13.5. The highest BCUT2D eigenvalue weighted by Gasteiger charge is 2.53. The van der Waals surface area contributed by atoms with Gasteiger partial charge >= 0.3 is 0 Å². The SMILES string of the molecule is C=C1C(=C)[C@@H](N(CC2CCCO2)S(=O)(=O)c2ccc(C)cc2)[C@@H]1N(CC1CCCO1)S(=O)(=O)c1ccc(C)cc1. The third-order valence-corrected chi connectivity index (χ3v) is 11.8. The van der Waals surface area contributed by atoms with Crippen LogP contribution in [0.4, 0.5) is 0 Å². The van der Waals surface area contributed by atoms with E-state index in [9.17, 15) is 16.8 Å². The van der Waals surface area contributed by atoms with E-state index in [4.69, 9.17) is 9.47 Å². The number of hydrogen-bond donors (Lipinski definition) is 0. The molecule has 1 aliphatic carbocycles. The molecule has 0 N–H and O–H groups in total. The van der Waals surface area contributed by atoms with Crippen LogP contribution < -0.4 is 0 Å². The van der Waals surface area contributed by atoms with Crippen molar-refractivity contribution in [2.24, 2.45) is 0 Å². The van der Waals surface area contributed by atoms with E-state index in [-0.39, 0.29) is 35.1 Å². The topological polar surface area (TPSA) is 93.2 Å². The van der Waals surface area contributed by atoms with E-state index < -0.39 is 32.1 Å². The van der Waals surface area contributed by atoms with Crippen LogP contribution in [0.3, 0.4) is 0 Å². The lowest BCUT2D eigenvalue weighted by Crippen LogP contribution is -2.64. The molecule has 2 aromatic rings. The third kappa shape index (κ3) is 5.57. The van der Waals surface area contributed by atoms with E-state index in [2.05, 4.69) is 13.2 Å². The van der Waals surface area contributed by atoms with Crippen LogP contribution in [0.25, 0.3) is 0 Å². The number of aryl methyl sites for hydroxylation is 2. The van der Waals surface area contributed by atoms with Crippen molar-refractivity contribution < 1.29 is 26.3 Å². The molecule has 2 aromatic carbocycles. The average molecular weight is 587 g/mol. The van der Waals surface area contributed by atoms with Gasteiger partial charge in [-0.3, -0.25) is 0 Å². The van der Waals surface area contributed by atoms with Gasteiger partial charge in [0, 0.05) is 26.3 Å². The number of ether oxygens (including phenoxy) is 2. The molecule has 3 fully saturated rings. The summed E-state index contributed by atoms with van der Waals surface area (Å²) in [5.74, 6) is 0. The van der Waals surface area contributed by atoms with Gasteiger partial charge in [0.1, 0.15) is 0 Å².